The highest BCUT2D eigenvalue weighted by atomic mass is 15.1. The molecule has 0 aliphatic carbocycles. The van der Waals surface area contributed by atoms with E-state index in [1.165, 1.54) is 37.2 Å². The van der Waals surface area contributed by atoms with Gasteiger partial charge < -0.3 is 0 Å². The zero-order valence-electron chi connectivity index (χ0n) is 42.6. The average Bonchev–Trinajstić information content (AvgIpc) is 3.36. The van der Waals surface area contributed by atoms with Gasteiger partial charge in [-0.2, -0.15) is 15.3 Å². The number of aromatic nitrogens is 16. The minimum absolute atomic E-state index is 0. The van der Waals surface area contributed by atoms with Crippen LogP contribution in [-0.2, 0) is 0 Å². The van der Waals surface area contributed by atoms with Crippen LogP contribution in [0.2, 0.25) is 0 Å². The third-order valence-electron chi connectivity index (χ3n) is 4.76. The van der Waals surface area contributed by atoms with Crippen LogP contribution in [0.5, 0.6) is 0 Å². The van der Waals surface area contributed by atoms with Gasteiger partial charge in [-0.15, -0.1) is 15.3 Å². The number of rotatable bonds is 0. The Morgan fingerprint density at radius 1 is 0.297 bits per heavy atom. The Morgan fingerprint density at radius 2 is 0.797 bits per heavy atom. The predicted octanol–water partition coefficient (Wildman–Crippen LogP) is 12.1. The van der Waals surface area contributed by atoms with Crippen molar-refractivity contribution in [1.82, 2.24) is 80.4 Å². The third-order valence-corrected chi connectivity index (χ3v) is 4.76. The minimum Gasteiger partial charge on any atom is -0.261 e. The topological polar surface area (TPSA) is 206 Å². The van der Waals surface area contributed by atoms with E-state index in [0.717, 1.165) is 28.5 Å². The van der Waals surface area contributed by atoms with Gasteiger partial charge in [0, 0.05) is 37.2 Å². The van der Waals surface area contributed by atoms with Crippen molar-refractivity contribution in [3.63, 3.8) is 0 Å². The summed E-state index contributed by atoms with van der Waals surface area (Å²) >= 11 is 0. The van der Waals surface area contributed by atoms with Crippen LogP contribution >= 0.6 is 0 Å². The molecule has 0 bridgehead atoms. The lowest BCUT2D eigenvalue weighted by Crippen LogP contribution is -1.85. The van der Waals surface area contributed by atoms with Crippen molar-refractivity contribution in [3.8, 4) is 0 Å². The van der Waals surface area contributed by atoms with Crippen molar-refractivity contribution in [1.29, 1.82) is 0 Å². The summed E-state index contributed by atoms with van der Waals surface area (Å²) < 4.78 is 0. The maximum atomic E-state index is 3.92. The van der Waals surface area contributed by atoms with Crippen molar-refractivity contribution in [2.75, 3.05) is 0 Å². The van der Waals surface area contributed by atoms with Crippen molar-refractivity contribution >= 4 is 0 Å². The molecule has 6 heterocycles. The van der Waals surface area contributed by atoms with Crippen LogP contribution in [0, 0.1) is 48.5 Å². The summed E-state index contributed by atoms with van der Waals surface area (Å²) in [4.78, 5) is 37.7. The van der Waals surface area contributed by atoms with E-state index in [9.17, 15) is 0 Å². The van der Waals surface area contributed by atoms with Crippen molar-refractivity contribution in [3.05, 3.63) is 158 Å². The lowest BCUT2D eigenvalue weighted by molar-refractivity contribution is 0.907. The molecule has 0 aliphatic rings. The van der Waals surface area contributed by atoms with Gasteiger partial charge in [0.2, 0.25) is 0 Å². The van der Waals surface area contributed by atoms with Gasteiger partial charge >= 0.3 is 0 Å². The molecule has 0 atom stereocenters. The van der Waals surface area contributed by atoms with E-state index in [4.69, 9.17) is 0 Å². The summed E-state index contributed by atoms with van der Waals surface area (Å²) in [5.74, 6) is 1.47. The van der Waals surface area contributed by atoms with Crippen molar-refractivity contribution < 1.29 is 0 Å². The monoisotopic (exact) mass is 887 g/mol. The molecule has 0 N–H and O–H groups in total. The SMILES string of the molecule is C.CC.CC.CC.CC.CC.CC.CC.Cc1ccccc1.Cc1cnccn1.Cc1cncnc1.Cc1cncnn1.Cc1cnncn1.Cc1nccnn1.Cc1ncncn1. The fourth-order valence-corrected chi connectivity index (χ4v) is 2.50. The molecule has 358 valence electrons. The van der Waals surface area contributed by atoms with Crippen LogP contribution in [0.4, 0.5) is 0 Å². The maximum absolute atomic E-state index is 3.92. The number of hydrogen-bond acceptors (Lipinski definition) is 16. The molecule has 64 heavy (non-hydrogen) atoms. The summed E-state index contributed by atoms with van der Waals surface area (Å²) in [6.07, 6.45) is 22.3. The van der Waals surface area contributed by atoms with Gasteiger partial charge in [-0.3, -0.25) is 9.97 Å². The molecule has 0 saturated carbocycles. The van der Waals surface area contributed by atoms with E-state index < -0.39 is 0 Å². The first-order valence-corrected chi connectivity index (χ1v) is 21.6. The van der Waals surface area contributed by atoms with Gasteiger partial charge in [0.1, 0.15) is 43.3 Å². The zero-order chi connectivity index (χ0) is 49.8. The lowest BCUT2D eigenvalue weighted by Gasteiger charge is -1.82. The van der Waals surface area contributed by atoms with E-state index in [-0.39, 0.29) is 7.43 Å². The number of benzene rings is 1. The maximum Gasteiger partial charge on any atom is 0.147 e. The Morgan fingerprint density at radius 3 is 1.02 bits per heavy atom. The minimum atomic E-state index is 0. The van der Waals surface area contributed by atoms with Gasteiger partial charge in [-0.05, 0) is 54.0 Å². The molecule has 7 aromatic rings. The molecule has 0 aliphatic heterocycles. The second kappa shape index (κ2) is 71.0. The lowest BCUT2D eigenvalue weighted by atomic mass is 10.2. The summed E-state index contributed by atoms with van der Waals surface area (Å²) in [6.45, 7) is 41.3. The van der Waals surface area contributed by atoms with E-state index in [2.05, 4.69) is 99.5 Å². The highest BCUT2D eigenvalue weighted by molar-refractivity contribution is 5.11. The smallest absolute Gasteiger partial charge is 0.147 e. The summed E-state index contributed by atoms with van der Waals surface area (Å²) in [6, 6.07) is 10.3. The Labute approximate surface area is 389 Å². The molecule has 0 saturated heterocycles. The van der Waals surface area contributed by atoms with Gasteiger partial charge in [-0.1, -0.05) is 140 Å². The van der Waals surface area contributed by atoms with E-state index in [1.54, 1.807) is 62.7 Å². The molecular weight excluding hydrogens is 801 g/mol. The molecule has 6 aromatic heterocycles. The van der Waals surface area contributed by atoms with Crippen LogP contribution in [0.25, 0.3) is 0 Å². The van der Waals surface area contributed by atoms with Crippen LogP contribution in [0.15, 0.2) is 118 Å². The molecule has 0 fully saturated rings. The third kappa shape index (κ3) is 67.2. The Hall–Kier alpha value is -6.58. The molecule has 7 rings (SSSR count). The number of aryl methyl sites for hydroxylation is 7. The molecule has 1 aromatic carbocycles. The molecule has 0 unspecified atom stereocenters. The van der Waals surface area contributed by atoms with Gasteiger partial charge in [0.05, 0.1) is 35.7 Å². The largest absolute Gasteiger partial charge is 0.261 e. The molecule has 16 heteroatoms. The number of hydrogen-bond donors (Lipinski definition) is 0. The van der Waals surface area contributed by atoms with E-state index in [0.29, 0.717) is 5.82 Å². The molecule has 0 spiro atoms. The first-order valence-electron chi connectivity index (χ1n) is 21.6. The summed E-state index contributed by atoms with van der Waals surface area (Å²) in [5.41, 5.74) is 5.13. The first kappa shape index (κ1) is 74.8. The van der Waals surface area contributed by atoms with Gasteiger partial charge in [0.15, 0.2) is 0 Å². The normalized spacial score (nSPS) is 7.33. The fraction of sp³-hybridized carbons (Fsp3) is 0.458. The summed E-state index contributed by atoms with van der Waals surface area (Å²) in [7, 11) is 0. The van der Waals surface area contributed by atoms with Crippen molar-refractivity contribution in [2.24, 2.45) is 0 Å². The van der Waals surface area contributed by atoms with Crippen molar-refractivity contribution in [2.45, 2.75) is 153 Å². The summed E-state index contributed by atoms with van der Waals surface area (Å²) in [5, 5.41) is 21.4. The first-order chi connectivity index (χ1) is 30.8. The molecule has 0 amide bonds. The number of nitrogens with zero attached hydrogens (tertiary/aromatic N) is 16. The Kier molecular flexibility index (Phi) is 83.0. The fourth-order valence-electron chi connectivity index (χ4n) is 2.50. The highest BCUT2D eigenvalue weighted by Crippen LogP contribution is 1.92. The Balaban J connectivity index is -0.0000000908. The van der Waals surface area contributed by atoms with Crippen LogP contribution in [0.3, 0.4) is 0 Å². The molecular formula is C48H86N16. The van der Waals surface area contributed by atoms with Crippen LogP contribution in [0.1, 0.15) is 144 Å². The predicted molar refractivity (Wildman–Crippen MR) is 269 cm³/mol. The molecule has 0 radical (unpaired) electrons. The average molecular weight is 887 g/mol. The van der Waals surface area contributed by atoms with E-state index >= 15 is 0 Å². The van der Waals surface area contributed by atoms with Gasteiger partial charge in [-0.25, -0.2) is 39.9 Å². The standard InChI is InChI=1S/C7H8.2C5H6N2.4C4H5N3.7C2H6.CH4/c1-7-5-3-2-4-6-7;1-5-2-6-4-7-3-5;1-5-4-6-2-3-7-5;1-4-6-2-5-3-7-4;1-4-2-6-7-3-5-4;1-4-2-5-3-6-7-4;1-4-5-2-3-6-7-4;7*1-2;/h2-6H,1H3;2*2-4H,1H3;4*2-3H,1H3;7*1-2H3;1H4. The highest BCUT2D eigenvalue weighted by Gasteiger charge is 1.79. The zero-order valence-corrected chi connectivity index (χ0v) is 42.6. The van der Waals surface area contributed by atoms with E-state index in [1.807, 2.05) is 150 Å². The van der Waals surface area contributed by atoms with Crippen LogP contribution in [-0.4, -0.2) is 80.4 Å². The van der Waals surface area contributed by atoms with Gasteiger partial charge in [0.25, 0.3) is 0 Å². The van der Waals surface area contributed by atoms with Crippen LogP contribution < -0.4 is 0 Å². The Bertz CT molecular complexity index is 1330. The molecule has 16 nitrogen and oxygen atoms in total. The quantitative estimate of drug-likeness (QED) is 0.139. The second-order valence-corrected chi connectivity index (χ2v) is 9.29. The second-order valence-electron chi connectivity index (χ2n) is 9.29.